The van der Waals surface area contributed by atoms with Gasteiger partial charge in [-0.3, -0.25) is 9.59 Å². The summed E-state index contributed by atoms with van der Waals surface area (Å²) in [7, 11) is 0. The molecular formula is C12H17N3O2S. The first-order chi connectivity index (χ1) is 8.54. The molecule has 0 aliphatic heterocycles. The number of nitrogens with one attached hydrogen (secondary N) is 2. The predicted molar refractivity (Wildman–Crippen MR) is 74.1 cm³/mol. The molecule has 0 fully saturated rings. The van der Waals surface area contributed by atoms with E-state index in [1.165, 1.54) is 11.3 Å². The van der Waals surface area contributed by atoms with Crippen molar-refractivity contribution >= 4 is 33.9 Å². The molecule has 0 aliphatic carbocycles. The summed E-state index contributed by atoms with van der Waals surface area (Å²) in [5.74, 6) is -0.395. The van der Waals surface area contributed by atoms with E-state index in [-0.39, 0.29) is 11.8 Å². The Labute approximate surface area is 110 Å². The molecule has 0 saturated carbocycles. The van der Waals surface area contributed by atoms with Crippen LogP contribution in [0.3, 0.4) is 0 Å². The molecule has 5 nitrogen and oxygen atoms in total. The molecule has 18 heavy (non-hydrogen) atoms. The number of thiophene rings is 1. The van der Waals surface area contributed by atoms with Crippen molar-refractivity contribution in [2.24, 2.45) is 5.10 Å². The van der Waals surface area contributed by atoms with Crippen molar-refractivity contribution in [3.63, 3.8) is 0 Å². The van der Waals surface area contributed by atoms with Gasteiger partial charge >= 0.3 is 0 Å². The van der Waals surface area contributed by atoms with Crippen LogP contribution in [0.4, 0.5) is 5.00 Å². The first-order valence-electron chi connectivity index (χ1n) is 5.73. The van der Waals surface area contributed by atoms with Crippen LogP contribution >= 0.6 is 11.3 Å². The Morgan fingerprint density at radius 3 is 2.72 bits per heavy atom. The first kappa shape index (κ1) is 14.4. The van der Waals surface area contributed by atoms with Crippen molar-refractivity contribution in [2.75, 3.05) is 5.32 Å². The second-order valence-corrected chi connectivity index (χ2v) is 4.88. The highest BCUT2D eigenvalue weighted by Gasteiger charge is 2.14. The van der Waals surface area contributed by atoms with Gasteiger partial charge in [-0.15, -0.1) is 11.3 Å². The molecule has 0 spiro atoms. The third-order valence-electron chi connectivity index (χ3n) is 2.02. The van der Waals surface area contributed by atoms with Gasteiger partial charge in [-0.2, -0.15) is 5.10 Å². The number of carbonyl (C=O) groups excluding carboxylic acids is 2. The molecule has 98 valence electrons. The highest BCUT2D eigenvalue weighted by atomic mass is 32.1. The molecule has 0 aromatic carbocycles. The fourth-order valence-electron chi connectivity index (χ4n) is 1.22. The lowest BCUT2D eigenvalue weighted by atomic mass is 10.3. The highest BCUT2D eigenvalue weighted by Crippen LogP contribution is 2.23. The molecule has 0 aliphatic rings. The SMILES string of the molecule is CCCC(=O)Nc1sccc1C(=O)NN=C(C)C. The summed E-state index contributed by atoms with van der Waals surface area (Å²) >= 11 is 1.33. The van der Waals surface area contributed by atoms with Crippen molar-refractivity contribution in [1.82, 2.24) is 5.43 Å². The molecule has 6 heteroatoms. The Balaban J connectivity index is 2.73. The lowest BCUT2D eigenvalue weighted by Crippen LogP contribution is -2.20. The number of hydrogen-bond donors (Lipinski definition) is 2. The number of hydrogen-bond acceptors (Lipinski definition) is 4. The van der Waals surface area contributed by atoms with E-state index in [1.54, 1.807) is 25.3 Å². The Kier molecular flexibility index (Phi) is 5.51. The maximum absolute atomic E-state index is 11.8. The zero-order chi connectivity index (χ0) is 13.5. The van der Waals surface area contributed by atoms with Crippen LogP contribution in [0, 0.1) is 0 Å². The summed E-state index contributed by atoms with van der Waals surface area (Å²) < 4.78 is 0. The molecule has 0 unspecified atom stereocenters. The standard InChI is InChI=1S/C12H17N3O2S/c1-4-5-10(16)13-12-9(6-7-18-12)11(17)15-14-8(2)3/h6-7H,4-5H2,1-3H3,(H,13,16)(H,15,17). The van der Waals surface area contributed by atoms with Crippen molar-refractivity contribution in [1.29, 1.82) is 0 Å². The summed E-state index contributed by atoms with van der Waals surface area (Å²) in [6, 6.07) is 1.67. The van der Waals surface area contributed by atoms with Crippen LogP contribution in [-0.2, 0) is 4.79 Å². The zero-order valence-electron chi connectivity index (χ0n) is 10.7. The quantitative estimate of drug-likeness (QED) is 0.636. The van der Waals surface area contributed by atoms with Crippen molar-refractivity contribution in [3.05, 3.63) is 17.0 Å². The van der Waals surface area contributed by atoms with Gasteiger partial charge in [0.2, 0.25) is 5.91 Å². The van der Waals surface area contributed by atoms with E-state index in [2.05, 4.69) is 15.8 Å². The molecule has 0 bridgehead atoms. The highest BCUT2D eigenvalue weighted by molar-refractivity contribution is 7.14. The number of carbonyl (C=O) groups is 2. The Bertz CT molecular complexity index is 462. The number of hydrazone groups is 1. The van der Waals surface area contributed by atoms with Gasteiger partial charge in [-0.05, 0) is 31.7 Å². The van der Waals surface area contributed by atoms with E-state index in [4.69, 9.17) is 0 Å². The van der Waals surface area contributed by atoms with E-state index < -0.39 is 0 Å². The minimum absolute atomic E-state index is 0.0795. The average Bonchev–Trinajstić information content (AvgIpc) is 2.74. The van der Waals surface area contributed by atoms with Crippen LogP contribution in [0.1, 0.15) is 44.0 Å². The molecular weight excluding hydrogens is 250 g/mol. The van der Waals surface area contributed by atoms with E-state index >= 15 is 0 Å². The fourth-order valence-corrected chi connectivity index (χ4v) is 2.02. The molecule has 0 radical (unpaired) electrons. The smallest absolute Gasteiger partial charge is 0.274 e. The van der Waals surface area contributed by atoms with Gasteiger partial charge in [0.1, 0.15) is 5.00 Å². The Morgan fingerprint density at radius 1 is 1.39 bits per heavy atom. The Morgan fingerprint density at radius 2 is 2.11 bits per heavy atom. The molecule has 1 rings (SSSR count). The minimum atomic E-state index is -0.316. The molecule has 0 atom stereocenters. The zero-order valence-corrected chi connectivity index (χ0v) is 11.6. The first-order valence-corrected chi connectivity index (χ1v) is 6.61. The van der Waals surface area contributed by atoms with Crippen LogP contribution in [0.5, 0.6) is 0 Å². The van der Waals surface area contributed by atoms with E-state index in [0.717, 1.165) is 12.1 Å². The summed E-state index contributed by atoms with van der Waals surface area (Å²) in [5, 5.41) is 8.90. The topological polar surface area (TPSA) is 70.6 Å². The largest absolute Gasteiger partial charge is 0.317 e. The molecule has 2 amide bonds. The lowest BCUT2D eigenvalue weighted by molar-refractivity contribution is -0.116. The third-order valence-corrected chi connectivity index (χ3v) is 2.85. The normalized spacial score (nSPS) is 9.72. The van der Waals surface area contributed by atoms with E-state index in [1.807, 2.05) is 6.92 Å². The molecule has 1 heterocycles. The van der Waals surface area contributed by atoms with Gasteiger partial charge in [0.15, 0.2) is 0 Å². The van der Waals surface area contributed by atoms with Gasteiger partial charge in [-0.1, -0.05) is 6.92 Å². The summed E-state index contributed by atoms with van der Waals surface area (Å²) in [6.45, 7) is 5.51. The average molecular weight is 267 g/mol. The summed E-state index contributed by atoms with van der Waals surface area (Å²) in [5.41, 5.74) is 3.63. The van der Waals surface area contributed by atoms with Crippen LogP contribution in [0.25, 0.3) is 0 Å². The second-order valence-electron chi connectivity index (χ2n) is 3.96. The number of rotatable bonds is 5. The van der Waals surface area contributed by atoms with Gasteiger partial charge in [0.05, 0.1) is 5.56 Å². The lowest BCUT2D eigenvalue weighted by Gasteiger charge is -2.04. The third kappa shape index (κ3) is 4.29. The number of anilines is 1. The van der Waals surface area contributed by atoms with E-state index in [9.17, 15) is 9.59 Å². The summed E-state index contributed by atoms with van der Waals surface area (Å²) in [6.07, 6.45) is 1.23. The van der Waals surface area contributed by atoms with Crippen LogP contribution in [-0.4, -0.2) is 17.5 Å². The fraction of sp³-hybridized carbons (Fsp3) is 0.417. The van der Waals surface area contributed by atoms with Gasteiger partial charge in [-0.25, -0.2) is 5.43 Å². The number of nitrogens with zero attached hydrogens (tertiary/aromatic N) is 1. The van der Waals surface area contributed by atoms with Gasteiger partial charge < -0.3 is 5.32 Å². The van der Waals surface area contributed by atoms with Crippen molar-refractivity contribution < 1.29 is 9.59 Å². The Hall–Kier alpha value is -1.69. The monoisotopic (exact) mass is 267 g/mol. The minimum Gasteiger partial charge on any atom is -0.317 e. The second kappa shape index (κ2) is 6.90. The molecule has 2 N–H and O–H groups in total. The number of amides is 2. The maximum Gasteiger partial charge on any atom is 0.274 e. The summed E-state index contributed by atoms with van der Waals surface area (Å²) in [4.78, 5) is 23.3. The van der Waals surface area contributed by atoms with Crippen molar-refractivity contribution in [3.8, 4) is 0 Å². The molecule has 1 aromatic rings. The van der Waals surface area contributed by atoms with Crippen molar-refractivity contribution in [2.45, 2.75) is 33.6 Å². The van der Waals surface area contributed by atoms with Gasteiger partial charge in [0.25, 0.3) is 5.91 Å². The van der Waals surface area contributed by atoms with Gasteiger partial charge in [0, 0.05) is 12.1 Å². The molecule has 1 aromatic heterocycles. The van der Waals surface area contributed by atoms with E-state index in [0.29, 0.717) is 17.0 Å². The van der Waals surface area contributed by atoms with Crippen LogP contribution in [0.2, 0.25) is 0 Å². The van der Waals surface area contributed by atoms with Crippen LogP contribution in [0.15, 0.2) is 16.5 Å². The predicted octanol–water partition coefficient (Wildman–Crippen LogP) is 2.61. The van der Waals surface area contributed by atoms with Crippen LogP contribution < -0.4 is 10.7 Å². The molecule has 0 saturated heterocycles. The maximum atomic E-state index is 11.8.